The molecule has 0 atom stereocenters. The van der Waals surface area contributed by atoms with Crippen LogP contribution in [-0.2, 0) is 24.2 Å². The molecule has 0 aliphatic carbocycles. The first-order chi connectivity index (χ1) is 11.3. The maximum atomic E-state index is 13.6. The minimum Gasteiger partial charge on any atom is -0.371 e. The molecule has 0 radical (unpaired) electrons. The molecule has 0 aliphatic heterocycles. The molecule has 8 heteroatoms. The summed E-state index contributed by atoms with van der Waals surface area (Å²) < 4.78 is 75.7. The molecule has 0 saturated carbocycles. The highest BCUT2D eigenvalue weighted by Gasteiger charge is 2.15. The molecule has 2 aromatic rings. The average molecular weight is 362 g/mol. The van der Waals surface area contributed by atoms with E-state index in [1.54, 1.807) is 13.8 Å². The van der Waals surface area contributed by atoms with E-state index in [9.17, 15) is 21.8 Å². The van der Waals surface area contributed by atoms with Gasteiger partial charge in [-0.05, 0) is 12.8 Å². The highest BCUT2D eigenvalue weighted by Crippen LogP contribution is 2.24. The van der Waals surface area contributed by atoms with Crippen molar-refractivity contribution in [3.05, 3.63) is 58.7 Å². The quantitative estimate of drug-likeness (QED) is 0.715. The fourth-order valence-corrected chi connectivity index (χ4v) is 2.65. The lowest BCUT2D eigenvalue weighted by Crippen LogP contribution is -2.10. The van der Waals surface area contributed by atoms with Crippen molar-refractivity contribution in [2.45, 2.75) is 26.7 Å². The minimum atomic E-state index is -2.54. The molecule has 0 heterocycles. The summed E-state index contributed by atoms with van der Waals surface area (Å²) in [6.45, 7) is 3.15. The highest BCUT2D eigenvalue weighted by molar-refractivity contribution is 7.75. The Kier molecular flexibility index (Phi) is 5.82. The van der Waals surface area contributed by atoms with Crippen LogP contribution in [-0.4, -0.2) is 4.21 Å². The summed E-state index contributed by atoms with van der Waals surface area (Å²) in [4.78, 5) is 0. The summed E-state index contributed by atoms with van der Waals surface area (Å²) in [5.74, 6) is -4.15. The van der Waals surface area contributed by atoms with Crippen molar-refractivity contribution in [1.29, 1.82) is 0 Å². The van der Waals surface area contributed by atoms with Crippen molar-refractivity contribution in [1.82, 2.24) is 0 Å². The Labute approximate surface area is 139 Å². The number of halogens is 4. The smallest absolute Gasteiger partial charge is 0.371 e. The van der Waals surface area contributed by atoms with Crippen molar-refractivity contribution >= 4 is 11.4 Å². The maximum absolute atomic E-state index is 13.6. The first kappa shape index (κ1) is 18.3. The van der Waals surface area contributed by atoms with E-state index in [0.717, 1.165) is 24.3 Å². The van der Waals surface area contributed by atoms with E-state index in [4.69, 9.17) is 8.37 Å². The average Bonchev–Trinajstić information content (AvgIpc) is 2.46. The number of hydrogen-bond donors (Lipinski definition) is 0. The molecule has 0 spiro atoms. The van der Waals surface area contributed by atoms with Gasteiger partial charge in [0.25, 0.3) is 0 Å². The first-order valence-electron chi connectivity index (χ1n) is 7.09. The van der Waals surface area contributed by atoms with Crippen molar-refractivity contribution in [2.24, 2.45) is 0 Å². The van der Waals surface area contributed by atoms with Gasteiger partial charge in [0, 0.05) is 35.4 Å². The lowest BCUT2D eigenvalue weighted by molar-refractivity contribution is 0.450. The predicted molar refractivity (Wildman–Crippen MR) is 80.9 cm³/mol. The molecular weight excluding hydrogens is 348 g/mol. The molecule has 2 rings (SSSR count). The molecule has 0 bridgehead atoms. The van der Waals surface area contributed by atoms with Crippen LogP contribution in [0.15, 0.2) is 24.3 Å². The van der Waals surface area contributed by atoms with E-state index < -0.39 is 34.6 Å². The van der Waals surface area contributed by atoms with Crippen LogP contribution in [0.25, 0.3) is 0 Å². The molecule has 0 aromatic heterocycles. The van der Waals surface area contributed by atoms with Crippen LogP contribution in [0.2, 0.25) is 0 Å². The summed E-state index contributed by atoms with van der Waals surface area (Å²) >= 11 is -2.54. The van der Waals surface area contributed by atoms with Crippen LogP contribution in [0.5, 0.6) is 11.5 Å². The topological polar surface area (TPSA) is 35.5 Å². The van der Waals surface area contributed by atoms with Gasteiger partial charge in [-0.1, -0.05) is 13.8 Å². The number of rotatable bonds is 6. The summed E-state index contributed by atoms with van der Waals surface area (Å²) in [5.41, 5.74) is -0.262. The summed E-state index contributed by atoms with van der Waals surface area (Å²) in [5, 5.41) is 0. The first-order valence-corrected chi connectivity index (χ1v) is 8.09. The van der Waals surface area contributed by atoms with Crippen molar-refractivity contribution in [3.63, 3.8) is 0 Å². The third-order valence-corrected chi connectivity index (χ3v) is 3.92. The lowest BCUT2D eigenvalue weighted by Gasteiger charge is -2.09. The van der Waals surface area contributed by atoms with Crippen LogP contribution in [0.4, 0.5) is 17.6 Å². The third kappa shape index (κ3) is 4.05. The Balaban J connectivity index is 2.14. The van der Waals surface area contributed by atoms with E-state index in [1.807, 2.05) is 0 Å². The van der Waals surface area contributed by atoms with Gasteiger partial charge in [0.05, 0.1) is 0 Å². The fourth-order valence-electron chi connectivity index (χ4n) is 2.11. The van der Waals surface area contributed by atoms with Gasteiger partial charge in [-0.25, -0.2) is 17.6 Å². The van der Waals surface area contributed by atoms with Gasteiger partial charge in [-0.3, -0.25) is 0 Å². The SMILES string of the molecule is CCc1c(F)cc(OS(=O)Oc2cc(F)c(CC)c(F)c2)cc1F. The fraction of sp³-hybridized carbons (Fsp3) is 0.250. The Morgan fingerprint density at radius 1 is 0.750 bits per heavy atom. The summed E-state index contributed by atoms with van der Waals surface area (Å²) in [6.07, 6.45) is 0.278. The standard InChI is InChI=1S/C16H14F4O3S/c1-3-11-13(17)5-9(6-14(11)18)22-24(21)23-10-7-15(19)12(4-2)16(20)8-10/h5-8H,3-4H2,1-2H3. The van der Waals surface area contributed by atoms with Crippen LogP contribution in [0, 0.1) is 23.3 Å². The van der Waals surface area contributed by atoms with E-state index in [-0.39, 0.29) is 35.5 Å². The molecule has 24 heavy (non-hydrogen) atoms. The van der Waals surface area contributed by atoms with Gasteiger partial charge in [-0.15, -0.1) is 0 Å². The molecule has 3 nitrogen and oxygen atoms in total. The third-order valence-electron chi connectivity index (χ3n) is 3.26. The van der Waals surface area contributed by atoms with Crippen LogP contribution in [0.3, 0.4) is 0 Å². The summed E-state index contributed by atoms with van der Waals surface area (Å²) in [7, 11) is 0. The van der Waals surface area contributed by atoms with Gasteiger partial charge >= 0.3 is 11.4 Å². The molecule has 0 fully saturated rings. The second kappa shape index (κ2) is 7.65. The van der Waals surface area contributed by atoms with Crippen molar-refractivity contribution in [3.8, 4) is 11.5 Å². The molecule has 130 valence electrons. The zero-order valence-electron chi connectivity index (χ0n) is 12.9. The summed E-state index contributed by atoms with van der Waals surface area (Å²) in [6, 6.07) is 3.41. The zero-order valence-corrected chi connectivity index (χ0v) is 13.7. The molecule has 2 aromatic carbocycles. The molecule has 0 aliphatic rings. The van der Waals surface area contributed by atoms with Crippen molar-refractivity contribution < 1.29 is 30.1 Å². The van der Waals surface area contributed by atoms with Gasteiger partial charge in [0.2, 0.25) is 0 Å². The Morgan fingerprint density at radius 3 is 1.29 bits per heavy atom. The molecule has 0 N–H and O–H groups in total. The largest absolute Gasteiger partial charge is 0.417 e. The normalized spacial score (nSPS) is 11.0. The van der Waals surface area contributed by atoms with Gasteiger partial charge in [0.1, 0.15) is 34.8 Å². The van der Waals surface area contributed by atoms with E-state index in [0.29, 0.717) is 0 Å². The lowest BCUT2D eigenvalue weighted by atomic mass is 10.1. The van der Waals surface area contributed by atoms with Crippen LogP contribution in [0.1, 0.15) is 25.0 Å². The Morgan fingerprint density at radius 2 is 1.04 bits per heavy atom. The highest BCUT2D eigenvalue weighted by atomic mass is 32.2. The molecular formula is C16H14F4O3S. The Bertz CT molecular complexity index is 670. The van der Waals surface area contributed by atoms with Crippen LogP contribution < -0.4 is 8.37 Å². The molecule has 0 unspecified atom stereocenters. The van der Waals surface area contributed by atoms with Crippen LogP contribution >= 0.6 is 0 Å². The molecule has 0 saturated heterocycles. The number of benzene rings is 2. The van der Waals surface area contributed by atoms with E-state index in [2.05, 4.69) is 0 Å². The van der Waals surface area contributed by atoms with Gasteiger partial charge in [-0.2, -0.15) is 4.21 Å². The van der Waals surface area contributed by atoms with E-state index >= 15 is 0 Å². The monoisotopic (exact) mass is 362 g/mol. The van der Waals surface area contributed by atoms with Crippen molar-refractivity contribution in [2.75, 3.05) is 0 Å². The zero-order chi connectivity index (χ0) is 17.9. The number of hydrogen-bond acceptors (Lipinski definition) is 3. The Hall–Kier alpha value is -2.09. The molecule has 0 amide bonds. The van der Waals surface area contributed by atoms with E-state index in [1.165, 1.54) is 0 Å². The predicted octanol–water partition coefficient (Wildman–Crippen LogP) is 4.40. The van der Waals surface area contributed by atoms with Gasteiger partial charge < -0.3 is 8.37 Å². The minimum absolute atomic E-state index is 0.131. The van der Waals surface area contributed by atoms with Gasteiger partial charge in [0.15, 0.2) is 0 Å². The maximum Gasteiger partial charge on any atom is 0.417 e. The second-order valence-corrected chi connectivity index (χ2v) is 5.55. The second-order valence-electron chi connectivity index (χ2n) is 4.81.